The second-order valence-corrected chi connectivity index (χ2v) is 18.2. The zero-order valence-electron chi connectivity index (χ0n) is 75.9. The van der Waals surface area contributed by atoms with Gasteiger partial charge in [0.1, 0.15) is 88.3 Å². The number of aliphatic hydroxyl groups excluding tert-OH is 1. The van der Waals surface area contributed by atoms with Gasteiger partial charge in [0.05, 0.1) is 0 Å². The highest BCUT2D eigenvalue weighted by Gasteiger charge is 2.11. The molecule has 106 heavy (non-hydrogen) atoms. The topological polar surface area (TPSA) is 620 Å². The van der Waals surface area contributed by atoms with E-state index in [4.69, 9.17) is 67.4 Å². The van der Waals surface area contributed by atoms with Gasteiger partial charge in [-0.2, -0.15) is 0 Å². The van der Waals surface area contributed by atoms with Crippen LogP contribution in [0.15, 0.2) is 60.7 Å². The summed E-state index contributed by atoms with van der Waals surface area (Å²) in [5, 5.41) is 8.06. The molecule has 0 aromatic heterocycles. The summed E-state index contributed by atoms with van der Waals surface area (Å²) in [6.07, 6.45) is 13.6. The van der Waals surface area contributed by atoms with E-state index in [1.165, 1.54) is 118 Å². The Balaban J connectivity index is -0.0000000171. The number of benzene rings is 2. The Morgan fingerprint density at radius 1 is 0.302 bits per heavy atom. The molecule has 0 radical (unpaired) electrons. The molecule has 30 N–H and O–H groups in total. The third kappa shape index (κ3) is 652. The molecule has 0 unspecified atom stereocenters. The number of rotatable bonds is 8. The largest absolute Gasteiger partial charge is 0.394 e. The number of likely N-dealkylation sites (tertiary alicyclic amines) is 1. The quantitative estimate of drug-likeness (QED) is 0.117. The Hall–Kier alpha value is -6.90. The van der Waals surface area contributed by atoms with Crippen LogP contribution in [0.1, 0.15) is 242 Å². The van der Waals surface area contributed by atoms with Gasteiger partial charge in [0.2, 0.25) is 5.91 Å². The average molecular weight is 1560 g/mol. The van der Waals surface area contributed by atoms with E-state index in [9.17, 15) is 4.79 Å². The predicted octanol–water partition coefficient (Wildman–Crippen LogP) is 14.7. The van der Waals surface area contributed by atoms with Gasteiger partial charge in [-0.3, -0.25) is 4.79 Å². The molecular formula is C78H195N13O15. The summed E-state index contributed by atoms with van der Waals surface area (Å²) in [5.41, 5.74) is 34.3. The van der Waals surface area contributed by atoms with E-state index in [0.29, 0.717) is 0 Å². The fraction of sp³-hybridized carbons (Fsp3) is 0.667. The summed E-state index contributed by atoms with van der Waals surface area (Å²) in [7, 11) is 10.5. The number of carbonyl (C=O) groups excluding carboxylic acids is 14. The van der Waals surface area contributed by atoms with Crippen molar-refractivity contribution in [2.75, 3.05) is 62.4 Å². The first-order chi connectivity index (χ1) is 48.5. The summed E-state index contributed by atoms with van der Waals surface area (Å²) < 4.78 is 0. The van der Waals surface area contributed by atoms with Gasteiger partial charge >= 0.3 is 0 Å². The fourth-order valence-electron chi connectivity index (χ4n) is 2.64. The van der Waals surface area contributed by atoms with Crippen molar-refractivity contribution in [2.45, 2.75) is 250 Å². The molecule has 28 nitrogen and oxygen atoms in total. The summed E-state index contributed by atoms with van der Waals surface area (Å²) in [5.74, 6) is 5.54. The van der Waals surface area contributed by atoms with Gasteiger partial charge in [-0.05, 0) is 142 Å². The lowest BCUT2D eigenvalue weighted by molar-refractivity contribution is -0.129. The normalized spacial score (nSPS) is 7.07. The van der Waals surface area contributed by atoms with Crippen LogP contribution in [0.4, 0.5) is 0 Å². The van der Waals surface area contributed by atoms with Crippen LogP contribution in [0.25, 0.3) is 0 Å². The van der Waals surface area contributed by atoms with Crippen LogP contribution in [-0.2, 0) is 80.0 Å². The zero-order chi connectivity index (χ0) is 89.6. The van der Waals surface area contributed by atoms with Crippen molar-refractivity contribution in [3.05, 3.63) is 71.8 Å². The molecule has 1 aliphatic heterocycles. The van der Waals surface area contributed by atoms with Crippen molar-refractivity contribution in [1.82, 2.24) is 35.7 Å². The molecule has 1 saturated heterocycles. The Morgan fingerprint density at radius 3 is 0.462 bits per heavy atom. The van der Waals surface area contributed by atoms with E-state index in [1.54, 1.807) is 20.8 Å². The minimum atomic E-state index is -0.167. The molecule has 0 aliphatic carbocycles. The molecule has 1 fully saturated rings. The number of carbonyl (C=O) groups is 14. The van der Waals surface area contributed by atoms with E-state index in [-0.39, 0.29) is 42.8 Å². The minimum absolute atomic E-state index is 0. The van der Waals surface area contributed by atoms with Crippen molar-refractivity contribution in [3.63, 3.8) is 0 Å². The number of hydrogen-bond acceptors (Lipinski definition) is 27. The lowest BCUT2D eigenvalue weighted by Crippen LogP contribution is -2.33. The number of amides is 1. The highest BCUT2D eigenvalue weighted by atomic mass is 16.3. The van der Waals surface area contributed by atoms with Crippen LogP contribution >= 0.6 is 0 Å². The molecule has 1 heterocycles. The number of nitrogens with zero attached hydrogens (tertiary/aromatic N) is 1. The maximum Gasteiger partial charge on any atom is 0.219 e. The van der Waals surface area contributed by atoms with Gasteiger partial charge in [0.25, 0.3) is 0 Å². The molecule has 28 heteroatoms. The van der Waals surface area contributed by atoms with Crippen LogP contribution in [0, 0.1) is 35.5 Å². The van der Waals surface area contributed by atoms with Gasteiger partial charge in [-0.15, -0.1) is 0 Å². The predicted molar refractivity (Wildman–Crippen MR) is 476 cm³/mol. The van der Waals surface area contributed by atoms with Crippen LogP contribution < -0.4 is 70.9 Å². The SMILES string of the molecule is C=O.C=O.C=O.C=O.C=O.C=O.C=O.C=O.C=O.C=O.C=O.C=O.C=O.CC.CC(=O)N1CCCCC1.CC(C)O.CCC(C)C.CCC(C)C.CCC(C)C.CCC(C)C.CCC(C)C.CCC(C)C.CCc1ccccc1.CCc1ccccc1.CN.CN.CN.CN.CN.CN.CN.N.N.N.N.N. The van der Waals surface area contributed by atoms with E-state index in [2.05, 4.69) is 227 Å². The highest BCUT2D eigenvalue weighted by Crippen LogP contribution is 2.08. The number of nitrogens with two attached hydrogens (primary N) is 7. The second kappa shape index (κ2) is 384. The van der Waals surface area contributed by atoms with Crippen molar-refractivity contribution in [1.29, 1.82) is 0 Å². The van der Waals surface area contributed by atoms with Crippen LogP contribution in [0.2, 0.25) is 0 Å². The molecule has 0 atom stereocenters. The van der Waals surface area contributed by atoms with Gasteiger partial charge in [0.15, 0.2) is 0 Å². The average Bonchev–Trinajstić information content (AvgIpc) is 0.971. The monoisotopic (exact) mass is 1550 g/mol. The standard InChI is InChI=1S/2C8H10.C7H13NO.6C5H12.C3H8O.C2H6.7CH5N.13CH2O.5H3N/c2*1-2-8-6-4-3-5-7-8;1-7(9)8-5-3-2-4-6-8;6*1-4-5(2)3;1-3(2)4;21*1-2;;;;;/h2*3-7H,2H2,1H3;2-6H2,1H3;6*5H,4H2,1-3H3;3-4H,1-2H3;1-2H3;7*2H2,1H3;13*1H2;5*1H3. The molecule has 0 bridgehead atoms. The molecule has 0 saturated carbocycles. The first-order valence-corrected chi connectivity index (χ1v) is 33.3. The smallest absolute Gasteiger partial charge is 0.219 e. The third-order valence-electron chi connectivity index (χ3n) is 9.20. The molecule has 662 valence electrons. The van der Waals surface area contributed by atoms with Gasteiger partial charge in [-0.25, -0.2) is 0 Å². The summed E-state index contributed by atoms with van der Waals surface area (Å²) in [6, 6.07) is 20.9. The van der Waals surface area contributed by atoms with Crippen LogP contribution in [0.5, 0.6) is 0 Å². The summed E-state index contributed by atoms with van der Waals surface area (Å²) in [4.78, 5) is 117. The molecule has 0 spiro atoms. The molecule has 2 aromatic rings. The Bertz CT molecular complexity index is 1110. The zero-order valence-corrected chi connectivity index (χ0v) is 75.9. The molecule has 2 aromatic carbocycles. The number of piperidine rings is 1. The van der Waals surface area contributed by atoms with E-state index in [1.807, 2.05) is 119 Å². The Labute approximate surface area is 659 Å². The van der Waals surface area contributed by atoms with Crippen molar-refractivity contribution >= 4 is 94.2 Å². The van der Waals surface area contributed by atoms with Gasteiger partial charge in [-0.1, -0.05) is 252 Å². The molecular weight excluding hydrogens is 1360 g/mol. The maximum atomic E-state index is 10.7. The molecule has 1 amide bonds. The van der Waals surface area contributed by atoms with Gasteiger partial charge < -0.3 is 143 Å². The van der Waals surface area contributed by atoms with Crippen molar-refractivity contribution in [3.8, 4) is 0 Å². The van der Waals surface area contributed by atoms with Crippen molar-refractivity contribution in [2.24, 2.45) is 75.6 Å². The number of aryl methyl sites for hydroxylation is 2. The first kappa shape index (κ1) is 218. The number of aliphatic hydroxyl groups is 1. The Morgan fingerprint density at radius 2 is 0.406 bits per heavy atom. The number of hydrogen-bond donors (Lipinski definition) is 13. The lowest BCUT2D eigenvalue weighted by Gasteiger charge is -2.24. The minimum Gasteiger partial charge on any atom is -0.394 e. The highest BCUT2D eigenvalue weighted by molar-refractivity contribution is 5.73. The Kier molecular flexibility index (Phi) is 790. The molecule has 1 aliphatic rings. The first-order valence-electron chi connectivity index (χ1n) is 33.3. The third-order valence-corrected chi connectivity index (χ3v) is 9.20. The lowest BCUT2D eigenvalue weighted by atomic mass is 10.1. The molecule has 3 rings (SSSR count). The fourth-order valence-corrected chi connectivity index (χ4v) is 2.64. The van der Waals surface area contributed by atoms with Crippen LogP contribution in [-0.4, -0.2) is 173 Å². The van der Waals surface area contributed by atoms with E-state index >= 15 is 0 Å². The van der Waals surface area contributed by atoms with E-state index in [0.717, 1.165) is 61.4 Å². The van der Waals surface area contributed by atoms with Crippen LogP contribution in [0.3, 0.4) is 0 Å². The summed E-state index contributed by atoms with van der Waals surface area (Å²) in [6.45, 7) is 81.2. The van der Waals surface area contributed by atoms with Gasteiger partial charge in [0, 0.05) is 26.1 Å². The van der Waals surface area contributed by atoms with E-state index < -0.39 is 0 Å². The van der Waals surface area contributed by atoms with Crippen molar-refractivity contribution < 1.29 is 72.2 Å². The second-order valence-electron chi connectivity index (χ2n) is 18.2. The summed E-state index contributed by atoms with van der Waals surface area (Å²) >= 11 is 0. The maximum absolute atomic E-state index is 10.7.